The van der Waals surface area contributed by atoms with Crippen LogP contribution in [0.5, 0.6) is 5.75 Å². The molecule has 0 saturated carbocycles. The fourth-order valence-corrected chi connectivity index (χ4v) is 2.02. The zero-order valence-electron chi connectivity index (χ0n) is 11.8. The predicted molar refractivity (Wildman–Crippen MR) is 80.1 cm³/mol. The molecule has 0 atom stereocenters. The molecule has 0 unspecified atom stereocenters. The summed E-state index contributed by atoms with van der Waals surface area (Å²) >= 11 is 0. The van der Waals surface area contributed by atoms with Crippen LogP contribution in [-0.2, 0) is 0 Å². The van der Waals surface area contributed by atoms with E-state index in [-0.39, 0.29) is 0 Å². The highest BCUT2D eigenvalue weighted by molar-refractivity contribution is 5.64. The fourth-order valence-electron chi connectivity index (χ4n) is 2.02. The second kappa shape index (κ2) is 5.62. The Hall–Kier alpha value is -2.89. The maximum atomic E-state index is 5.47. The molecular formula is C15H15N5O. The van der Waals surface area contributed by atoms with Gasteiger partial charge >= 0.3 is 0 Å². The van der Waals surface area contributed by atoms with Gasteiger partial charge in [-0.15, -0.1) is 0 Å². The summed E-state index contributed by atoms with van der Waals surface area (Å²) in [7, 11) is 1.66. The molecule has 0 amide bonds. The van der Waals surface area contributed by atoms with Gasteiger partial charge in [0.15, 0.2) is 0 Å². The minimum Gasteiger partial charge on any atom is -0.495 e. The van der Waals surface area contributed by atoms with Crippen LogP contribution < -0.4 is 4.74 Å². The maximum Gasteiger partial charge on any atom is 0.143 e. The monoisotopic (exact) mass is 281 g/mol. The molecule has 0 radical (unpaired) electrons. The number of nitrogens with zero attached hydrogens (tertiary/aromatic N) is 5. The van der Waals surface area contributed by atoms with Crippen LogP contribution in [-0.4, -0.2) is 31.4 Å². The van der Waals surface area contributed by atoms with E-state index in [1.54, 1.807) is 24.4 Å². The Morgan fingerprint density at radius 3 is 2.81 bits per heavy atom. The van der Waals surface area contributed by atoms with Gasteiger partial charge in [-0.05, 0) is 30.7 Å². The van der Waals surface area contributed by atoms with E-state index in [1.807, 2.05) is 48.2 Å². The van der Waals surface area contributed by atoms with Crippen LogP contribution in [0.15, 0.2) is 43.4 Å². The molecule has 0 spiro atoms. The molecule has 0 fully saturated rings. The Labute approximate surface area is 122 Å². The average molecular weight is 281 g/mol. The molecule has 21 heavy (non-hydrogen) atoms. The van der Waals surface area contributed by atoms with Crippen molar-refractivity contribution in [3.63, 3.8) is 0 Å². The average Bonchev–Trinajstić information content (AvgIpc) is 3.16. The first kappa shape index (κ1) is 13.1. The highest BCUT2D eigenvalue weighted by Gasteiger charge is 2.06. The first-order chi connectivity index (χ1) is 10.3. The Morgan fingerprint density at radius 1 is 1.24 bits per heavy atom. The van der Waals surface area contributed by atoms with Crippen molar-refractivity contribution >= 4 is 12.3 Å². The smallest absolute Gasteiger partial charge is 0.143 e. The zero-order valence-corrected chi connectivity index (χ0v) is 11.8. The summed E-state index contributed by atoms with van der Waals surface area (Å²) in [4.78, 5) is 8.13. The minimum absolute atomic E-state index is 0.785. The van der Waals surface area contributed by atoms with E-state index < -0.39 is 0 Å². The van der Waals surface area contributed by atoms with Crippen molar-refractivity contribution in [2.45, 2.75) is 6.92 Å². The Balaban J connectivity index is 1.92. The van der Waals surface area contributed by atoms with E-state index in [1.165, 1.54) is 6.33 Å². The van der Waals surface area contributed by atoms with Crippen molar-refractivity contribution in [3.05, 3.63) is 54.6 Å². The lowest BCUT2D eigenvalue weighted by Crippen LogP contribution is -1.96. The summed E-state index contributed by atoms with van der Waals surface area (Å²) in [6, 6.07) is 5.99. The van der Waals surface area contributed by atoms with Crippen molar-refractivity contribution in [1.29, 1.82) is 0 Å². The van der Waals surface area contributed by atoms with Crippen molar-refractivity contribution in [3.8, 4) is 11.4 Å². The zero-order chi connectivity index (χ0) is 14.7. The molecular weight excluding hydrogens is 266 g/mol. The summed E-state index contributed by atoms with van der Waals surface area (Å²) in [6.07, 6.45) is 10.6. The Morgan fingerprint density at radius 2 is 2.14 bits per heavy atom. The summed E-state index contributed by atoms with van der Waals surface area (Å²) in [5, 5.41) is 4.02. The van der Waals surface area contributed by atoms with Crippen molar-refractivity contribution in [1.82, 2.24) is 24.3 Å². The lowest BCUT2D eigenvalue weighted by atomic mass is 10.2. The second-order valence-electron chi connectivity index (χ2n) is 4.54. The van der Waals surface area contributed by atoms with Gasteiger partial charge in [-0.3, -0.25) is 0 Å². The highest BCUT2D eigenvalue weighted by Crippen LogP contribution is 2.25. The molecule has 6 nitrogen and oxygen atoms in total. The van der Waals surface area contributed by atoms with Crippen LogP contribution in [0.25, 0.3) is 18.0 Å². The van der Waals surface area contributed by atoms with E-state index in [0.717, 1.165) is 22.7 Å². The van der Waals surface area contributed by atoms with E-state index >= 15 is 0 Å². The summed E-state index contributed by atoms with van der Waals surface area (Å²) < 4.78 is 9.05. The number of ether oxygens (including phenoxy) is 1. The number of rotatable bonds is 4. The lowest BCUT2D eigenvalue weighted by molar-refractivity contribution is 0.413. The van der Waals surface area contributed by atoms with Crippen LogP contribution in [0.3, 0.4) is 0 Å². The predicted octanol–water partition coefficient (Wildman–Crippen LogP) is 2.41. The normalized spacial score (nSPS) is 11.1. The van der Waals surface area contributed by atoms with Gasteiger partial charge in [0.05, 0.1) is 24.8 Å². The topological polar surface area (TPSA) is 57.8 Å². The first-order valence-electron chi connectivity index (χ1n) is 6.47. The molecule has 0 bridgehead atoms. The largest absolute Gasteiger partial charge is 0.495 e. The number of benzene rings is 1. The molecule has 2 aromatic heterocycles. The molecule has 0 aliphatic rings. The number of hydrogen-bond acceptors (Lipinski definition) is 4. The van der Waals surface area contributed by atoms with Gasteiger partial charge < -0.3 is 9.30 Å². The van der Waals surface area contributed by atoms with Gasteiger partial charge in [-0.25, -0.2) is 14.6 Å². The molecule has 1 aromatic carbocycles. The molecule has 0 aliphatic carbocycles. The Kier molecular flexibility index (Phi) is 3.51. The molecule has 3 aromatic rings. The standard InChI is InChI=1S/C15H15N5O/c1-12-8-19(11-17-12)14-4-3-13(7-15(14)21-2)5-6-20-10-16-9-18-20/h3-11H,1-2H3/b6-5+. The quantitative estimate of drug-likeness (QED) is 0.737. The molecule has 2 heterocycles. The SMILES string of the molecule is COc1cc(/C=C/n2cncn2)ccc1-n1cnc(C)c1. The molecule has 0 saturated heterocycles. The number of methoxy groups -OCH3 is 1. The molecule has 6 heteroatoms. The van der Waals surface area contributed by atoms with Gasteiger partial charge in [-0.2, -0.15) is 5.10 Å². The number of hydrogen-bond donors (Lipinski definition) is 0. The van der Waals surface area contributed by atoms with Gasteiger partial charge in [0.25, 0.3) is 0 Å². The summed E-state index contributed by atoms with van der Waals surface area (Å²) in [5.41, 5.74) is 2.94. The third-order valence-electron chi connectivity index (χ3n) is 3.05. The minimum atomic E-state index is 0.785. The molecule has 106 valence electrons. The van der Waals surface area contributed by atoms with Gasteiger partial charge in [-0.1, -0.05) is 6.07 Å². The number of imidazole rings is 1. The highest BCUT2D eigenvalue weighted by atomic mass is 16.5. The lowest BCUT2D eigenvalue weighted by Gasteiger charge is -2.09. The second-order valence-corrected chi connectivity index (χ2v) is 4.54. The van der Waals surface area contributed by atoms with Crippen LogP contribution in [0.2, 0.25) is 0 Å². The van der Waals surface area contributed by atoms with E-state index in [9.17, 15) is 0 Å². The van der Waals surface area contributed by atoms with Crippen LogP contribution >= 0.6 is 0 Å². The van der Waals surface area contributed by atoms with E-state index in [2.05, 4.69) is 15.1 Å². The molecule has 0 aliphatic heterocycles. The van der Waals surface area contributed by atoms with Gasteiger partial charge in [0.2, 0.25) is 0 Å². The van der Waals surface area contributed by atoms with E-state index in [4.69, 9.17) is 4.74 Å². The van der Waals surface area contributed by atoms with E-state index in [0.29, 0.717) is 0 Å². The van der Waals surface area contributed by atoms with Crippen molar-refractivity contribution in [2.75, 3.05) is 7.11 Å². The third kappa shape index (κ3) is 2.84. The molecule has 3 rings (SSSR count). The van der Waals surface area contributed by atoms with Gasteiger partial charge in [0, 0.05) is 12.4 Å². The summed E-state index contributed by atoms with van der Waals surface area (Å²) in [5.74, 6) is 0.785. The number of aryl methyl sites for hydroxylation is 1. The first-order valence-corrected chi connectivity index (χ1v) is 6.47. The number of aromatic nitrogens is 5. The maximum absolute atomic E-state index is 5.47. The van der Waals surface area contributed by atoms with Crippen molar-refractivity contribution in [2.24, 2.45) is 0 Å². The van der Waals surface area contributed by atoms with Crippen LogP contribution in [0.4, 0.5) is 0 Å². The van der Waals surface area contributed by atoms with Crippen LogP contribution in [0, 0.1) is 6.92 Å². The fraction of sp³-hybridized carbons (Fsp3) is 0.133. The summed E-state index contributed by atoms with van der Waals surface area (Å²) in [6.45, 7) is 1.96. The third-order valence-corrected chi connectivity index (χ3v) is 3.05. The van der Waals surface area contributed by atoms with Crippen molar-refractivity contribution < 1.29 is 4.74 Å². The van der Waals surface area contributed by atoms with Crippen LogP contribution in [0.1, 0.15) is 11.3 Å². The van der Waals surface area contributed by atoms with Gasteiger partial charge in [0.1, 0.15) is 18.4 Å². The Bertz CT molecular complexity index is 758. The molecule has 0 N–H and O–H groups in total.